The molecule has 0 aromatic rings. The molecule has 3 N–H and O–H groups in total. The van der Waals surface area contributed by atoms with E-state index in [1.807, 2.05) is 0 Å². The highest BCUT2D eigenvalue weighted by molar-refractivity contribution is 5.88. The number of ether oxygens (including phenoxy) is 1. The van der Waals surface area contributed by atoms with Crippen LogP contribution < -0.4 is 5.73 Å². The lowest BCUT2D eigenvalue weighted by molar-refractivity contribution is -0.163. The predicted molar refractivity (Wildman–Crippen MR) is 63.9 cm³/mol. The van der Waals surface area contributed by atoms with Gasteiger partial charge < -0.3 is 20.5 Å². The van der Waals surface area contributed by atoms with Crippen molar-refractivity contribution in [2.45, 2.75) is 37.8 Å². The Morgan fingerprint density at radius 3 is 2.67 bits per heavy atom. The molecule has 0 saturated carbocycles. The highest BCUT2D eigenvalue weighted by atomic mass is 16.5. The molecule has 2 heterocycles. The van der Waals surface area contributed by atoms with Gasteiger partial charge in [-0.1, -0.05) is 0 Å². The lowest BCUT2D eigenvalue weighted by Crippen LogP contribution is -2.60. The van der Waals surface area contributed by atoms with E-state index < -0.39 is 17.4 Å². The first-order valence-electron chi connectivity index (χ1n) is 6.35. The van der Waals surface area contributed by atoms with Crippen LogP contribution in [0.1, 0.15) is 26.2 Å². The Hall–Kier alpha value is -1.14. The zero-order valence-electron chi connectivity index (χ0n) is 10.6. The minimum Gasteiger partial charge on any atom is -0.480 e. The quantitative estimate of drug-likeness (QED) is 0.714. The molecular weight excluding hydrogens is 236 g/mol. The van der Waals surface area contributed by atoms with Crippen LogP contribution in [0.3, 0.4) is 0 Å². The first-order valence-corrected chi connectivity index (χ1v) is 6.35. The molecule has 0 aliphatic carbocycles. The molecular formula is C12H20N2O4. The minimum absolute atomic E-state index is 0.176. The van der Waals surface area contributed by atoms with Crippen molar-refractivity contribution in [1.29, 1.82) is 0 Å². The highest BCUT2D eigenvalue weighted by Gasteiger charge is 2.47. The molecule has 0 bridgehead atoms. The summed E-state index contributed by atoms with van der Waals surface area (Å²) in [4.78, 5) is 25.3. The molecule has 1 amide bonds. The number of hydrogen-bond acceptors (Lipinski definition) is 4. The van der Waals surface area contributed by atoms with Gasteiger partial charge in [0.25, 0.3) is 0 Å². The Balaban J connectivity index is 2.18. The summed E-state index contributed by atoms with van der Waals surface area (Å²) in [5, 5.41) is 9.37. The fraction of sp³-hybridized carbons (Fsp3) is 0.833. The number of carboxylic acid groups (broad SMARTS) is 1. The Bertz CT molecular complexity index is 360. The number of piperidine rings is 1. The molecule has 2 aliphatic rings. The number of carboxylic acids is 1. The van der Waals surface area contributed by atoms with Gasteiger partial charge in [-0.25, -0.2) is 4.79 Å². The van der Waals surface area contributed by atoms with Crippen LogP contribution >= 0.6 is 0 Å². The van der Waals surface area contributed by atoms with E-state index in [-0.39, 0.29) is 11.9 Å². The number of carbonyl (C=O) groups excluding carboxylic acids is 1. The summed E-state index contributed by atoms with van der Waals surface area (Å²) >= 11 is 0. The average molecular weight is 256 g/mol. The number of hydrogen-bond donors (Lipinski definition) is 2. The van der Waals surface area contributed by atoms with Crippen molar-refractivity contribution in [2.24, 2.45) is 11.7 Å². The third-order valence-electron chi connectivity index (χ3n) is 4.06. The normalized spacial score (nSPS) is 36.7. The first-order chi connectivity index (χ1) is 8.47. The molecule has 18 heavy (non-hydrogen) atoms. The molecule has 0 aromatic carbocycles. The lowest BCUT2D eigenvalue weighted by atomic mass is 9.86. The fourth-order valence-electron chi connectivity index (χ4n) is 2.72. The molecule has 3 atom stereocenters. The van der Waals surface area contributed by atoms with Gasteiger partial charge in [0.05, 0.1) is 19.1 Å². The van der Waals surface area contributed by atoms with Gasteiger partial charge in [0.15, 0.2) is 0 Å². The van der Waals surface area contributed by atoms with Crippen molar-refractivity contribution >= 4 is 11.9 Å². The molecule has 3 unspecified atom stereocenters. The summed E-state index contributed by atoms with van der Waals surface area (Å²) in [6.45, 7) is 2.78. The van der Waals surface area contributed by atoms with Gasteiger partial charge in [-0.2, -0.15) is 0 Å². The third kappa shape index (κ3) is 2.10. The molecule has 2 rings (SSSR count). The summed E-state index contributed by atoms with van der Waals surface area (Å²) < 4.78 is 5.19. The van der Waals surface area contributed by atoms with Crippen LogP contribution in [0.5, 0.6) is 0 Å². The van der Waals surface area contributed by atoms with Crippen LogP contribution in [0.4, 0.5) is 0 Å². The number of aliphatic carboxylic acids is 1. The highest BCUT2D eigenvalue weighted by Crippen LogP contribution is 2.30. The number of nitrogens with two attached hydrogens (primary N) is 1. The molecule has 102 valence electrons. The number of rotatable bonds is 2. The monoisotopic (exact) mass is 256 g/mol. The van der Waals surface area contributed by atoms with E-state index in [0.717, 1.165) is 12.8 Å². The number of amides is 1. The van der Waals surface area contributed by atoms with Crippen molar-refractivity contribution in [3.05, 3.63) is 0 Å². The largest absolute Gasteiger partial charge is 0.480 e. The van der Waals surface area contributed by atoms with E-state index in [4.69, 9.17) is 10.5 Å². The second-order valence-corrected chi connectivity index (χ2v) is 5.33. The van der Waals surface area contributed by atoms with Crippen molar-refractivity contribution in [2.75, 3.05) is 19.8 Å². The second-order valence-electron chi connectivity index (χ2n) is 5.33. The van der Waals surface area contributed by atoms with Crippen molar-refractivity contribution in [3.63, 3.8) is 0 Å². The summed E-state index contributed by atoms with van der Waals surface area (Å²) in [6.07, 6.45) is 2.17. The van der Waals surface area contributed by atoms with Crippen LogP contribution in [0.15, 0.2) is 0 Å². The van der Waals surface area contributed by atoms with Gasteiger partial charge in [0.2, 0.25) is 5.91 Å². The summed E-state index contributed by atoms with van der Waals surface area (Å²) in [5.41, 5.74) is 4.73. The minimum atomic E-state index is -1.10. The van der Waals surface area contributed by atoms with E-state index in [2.05, 4.69) is 0 Å². The number of likely N-dealkylation sites (tertiary alicyclic amines) is 1. The maximum Gasteiger partial charge on any atom is 0.329 e. The van der Waals surface area contributed by atoms with Gasteiger partial charge in [-0.05, 0) is 26.2 Å². The van der Waals surface area contributed by atoms with E-state index in [0.29, 0.717) is 26.2 Å². The Labute approximate surface area is 106 Å². The molecule has 6 heteroatoms. The first kappa shape index (κ1) is 13.3. The van der Waals surface area contributed by atoms with Crippen LogP contribution in [0, 0.1) is 5.92 Å². The Morgan fingerprint density at radius 2 is 2.11 bits per heavy atom. The zero-order valence-corrected chi connectivity index (χ0v) is 10.6. The maximum absolute atomic E-state index is 12.4. The molecule has 0 radical (unpaired) electrons. The maximum atomic E-state index is 12.4. The molecule has 2 saturated heterocycles. The van der Waals surface area contributed by atoms with E-state index in [1.165, 1.54) is 4.90 Å². The van der Waals surface area contributed by atoms with Gasteiger partial charge in [0, 0.05) is 12.6 Å². The standard InChI is InChI=1S/C12H20N2O4/c1-12(11(16)17)4-2-3-5-14(12)10(15)8-6-18-7-9(8)13/h8-9H,2-7,13H2,1H3,(H,16,17). The lowest BCUT2D eigenvalue weighted by Gasteiger charge is -2.43. The smallest absolute Gasteiger partial charge is 0.329 e. The summed E-state index contributed by atoms with van der Waals surface area (Å²) in [6, 6.07) is -0.322. The van der Waals surface area contributed by atoms with E-state index in [1.54, 1.807) is 6.92 Å². The Morgan fingerprint density at radius 1 is 1.39 bits per heavy atom. The zero-order chi connectivity index (χ0) is 13.3. The topological polar surface area (TPSA) is 92.9 Å². The predicted octanol–water partition coefficient (Wildman–Crippen LogP) is -0.184. The van der Waals surface area contributed by atoms with E-state index in [9.17, 15) is 14.7 Å². The van der Waals surface area contributed by atoms with Crippen molar-refractivity contribution in [3.8, 4) is 0 Å². The van der Waals surface area contributed by atoms with Gasteiger partial charge in [-0.15, -0.1) is 0 Å². The van der Waals surface area contributed by atoms with Gasteiger partial charge >= 0.3 is 5.97 Å². The van der Waals surface area contributed by atoms with Crippen LogP contribution in [0.25, 0.3) is 0 Å². The average Bonchev–Trinajstić information content (AvgIpc) is 2.75. The third-order valence-corrected chi connectivity index (χ3v) is 4.06. The van der Waals surface area contributed by atoms with Gasteiger partial charge in [-0.3, -0.25) is 4.79 Å². The van der Waals surface area contributed by atoms with Gasteiger partial charge in [0.1, 0.15) is 5.54 Å². The molecule has 2 fully saturated rings. The number of carbonyl (C=O) groups is 2. The summed E-state index contributed by atoms with van der Waals surface area (Å²) in [7, 11) is 0. The summed E-state index contributed by atoms with van der Waals surface area (Å²) in [5.74, 6) is -1.52. The molecule has 2 aliphatic heterocycles. The van der Waals surface area contributed by atoms with Crippen LogP contribution in [-0.2, 0) is 14.3 Å². The van der Waals surface area contributed by atoms with E-state index >= 15 is 0 Å². The number of nitrogens with zero attached hydrogens (tertiary/aromatic N) is 1. The molecule has 0 spiro atoms. The molecule has 0 aromatic heterocycles. The SMILES string of the molecule is CC1(C(=O)O)CCCCN1C(=O)C1COCC1N. The molecule has 6 nitrogen and oxygen atoms in total. The second kappa shape index (κ2) is 4.85. The Kier molecular flexibility index (Phi) is 3.59. The van der Waals surface area contributed by atoms with Crippen LogP contribution in [0.2, 0.25) is 0 Å². The van der Waals surface area contributed by atoms with Crippen LogP contribution in [-0.4, -0.2) is 53.2 Å². The van der Waals surface area contributed by atoms with Crippen molar-refractivity contribution in [1.82, 2.24) is 4.90 Å². The van der Waals surface area contributed by atoms with Crippen molar-refractivity contribution < 1.29 is 19.4 Å². The fourth-order valence-corrected chi connectivity index (χ4v) is 2.72.